The molecule has 116 valence electrons. The maximum atomic E-state index is 12.2. The summed E-state index contributed by atoms with van der Waals surface area (Å²) in [6.45, 7) is 6.09. The number of halogens is 1. The molecule has 0 saturated carbocycles. The van der Waals surface area contributed by atoms with Crippen LogP contribution in [-0.4, -0.2) is 16.9 Å². The fourth-order valence-corrected chi connectivity index (χ4v) is 2.07. The third-order valence-corrected chi connectivity index (χ3v) is 3.44. The summed E-state index contributed by atoms with van der Waals surface area (Å²) in [6.07, 6.45) is 1.80. The molecule has 0 aromatic heterocycles. The molecule has 1 amide bonds. The molecular formula is C14H20ClN3O3. The van der Waals surface area contributed by atoms with E-state index in [-0.39, 0.29) is 28.0 Å². The van der Waals surface area contributed by atoms with Crippen molar-refractivity contribution < 1.29 is 9.72 Å². The molecule has 1 rings (SSSR count). The summed E-state index contributed by atoms with van der Waals surface area (Å²) < 4.78 is 0. The summed E-state index contributed by atoms with van der Waals surface area (Å²) in [5.74, 6) is 0.0936. The molecule has 0 fully saturated rings. The maximum Gasteiger partial charge on any atom is 0.271 e. The van der Waals surface area contributed by atoms with E-state index in [4.69, 9.17) is 17.3 Å². The van der Waals surface area contributed by atoms with Gasteiger partial charge in [0.25, 0.3) is 11.6 Å². The van der Waals surface area contributed by atoms with Crippen LogP contribution in [0.25, 0.3) is 0 Å². The van der Waals surface area contributed by atoms with Gasteiger partial charge in [0.2, 0.25) is 0 Å². The number of carbonyl (C=O) groups excluding carboxylic acids is 1. The lowest BCUT2D eigenvalue weighted by Gasteiger charge is -2.16. The van der Waals surface area contributed by atoms with Crippen molar-refractivity contribution >= 4 is 28.9 Å². The molecule has 7 heteroatoms. The Morgan fingerprint density at radius 2 is 2.00 bits per heavy atom. The molecule has 6 nitrogen and oxygen atoms in total. The summed E-state index contributed by atoms with van der Waals surface area (Å²) in [4.78, 5) is 22.4. The number of anilines is 1. The molecule has 0 aliphatic carbocycles. The van der Waals surface area contributed by atoms with Crippen molar-refractivity contribution in [1.29, 1.82) is 0 Å². The first-order chi connectivity index (χ1) is 9.72. The van der Waals surface area contributed by atoms with Crippen LogP contribution in [0.4, 0.5) is 11.4 Å². The summed E-state index contributed by atoms with van der Waals surface area (Å²) in [7, 11) is 0. The summed E-state index contributed by atoms with van der Waals surface area (Å²) in [6, 6.07) is 2.24. The van der Waals surface area contributed by atoms with Gasteiger partial charge in [0.05, 0.1) is 21.2 Å². The average Bonchev–Trinajstić information content (AvgIpc) is 2.38. The molecule has 0 bridgehead atoms. The molecule has 0 heterocycles. The largest absolute Gasteiger partial charge is 0.397 e. The van der Waals surface area contributed by atoms with Crippen molar-refractivity contribution in [2.75, 3.05) is 5.73 Å². The molecular weight excluding hydrogens is 294 g/mol. The number of benzene rings is 1. The average molecular weight is 314 g/mol. The Hall–Kier alpha value is -1.82. The van der Waals surface area contributed by atoms with Crippen molar-refractivity contribution in [3.8, 4) is 0 Å². The van der Waals surface area contributed by atoms with Crippen LogP contribution < -0.4 is 11.1 Å². The van der Waals surface area contributed by atoms with E-state index in [0.29, 0.717) is 5.92 Å². The number of nitro groups is 1. The van der Waals surface area contributed by atoms with Gasteiger partial charge in [0.15, 0.2) is 0 Å². The zero-order valence-electron chi connectivity index (χ0n) is 12.4. The highest BCUT2D eigenvalue weighted by atomic mass is 35.5. The number of hydrogen-bond acceptors (Lipinski definition) is 4. The number of non-ortho nitro benzene ring substituents is 1. The van der Waals surface area contributed by atoms with Crippen molar-refractivity contribution in [3.63, 3.8) is 0 Å². The Morgan fingerprint density at radius 1 is 1.38 bits per heavy atom. The van der Waals surface area contributed by atoms with Crippen LogP contribution in [-0.2, 0) is 0 Å². The minimum Gasteiger partial charge on any atom is -0.397 e. The molecule has 0 saturated heterocycles. The lowest BCUT2D eigenvalue weighted by atomic mass is 10.0. The predicted molar refractivity (Wildman–Crippen MR) is 83.5 cm³/mol. The SMILES string of the molecule is CC(C)CCC(C)NC(=O)c1cc([N+](=O)[O-])cc(Cl)c1N. The van der Waals surface area contributed by atoms with Crippen LogP contribution in [0.2, 0.25) is 5.02 Å². The third-order valence-electron chi connectivity index (χ3n) is 3.12. The van der Waals surface area contributed by atoms with E-state index in [9.17, 15) is 14.9 Å². The van der Waals surface area contributed by atoms with E-state index in [0.717, 1.165) is 25.0 Å². The highest BCUT2D eigenvalue weighted by Gasteiger charge is 2.20. The normalized spacial score (nSPS) is 12.2. The van der Waals surface area contributed by atoms with Crippen LogP contribution in [0.3, 0.4) is 0 Å². The highest BCUT2D eigenvalue weighted by molar-refractivity contribution is 6.34. The number of rotatable bonds is 6. The monoisotopic (exact) mass is 313 g/mol. The Labute approximate surface area is 128 Å². The number of carbonyl (C=O) groups is 1. The van der Waals surface area contributed by atoms with Crippen LogP contribution in [0, 0.1) is 16.0 Å². The molecule has 1 aromatic rings. The smallest absolute Gasteiger partial charge is 0.271 e. The van der Waals surface area contributed by atoms with Crippen LogP contribution in [0.1, 0.15) is 44.0 Å². The molecule has 3 N–H and O–H groups in total. The summed E-state index contributed by atoms with van der Waals surface area (Å²) in [5, 5.41) is 13.6. The fourth-order valence-electron chi connectivity index (χ4n) is 1.85. The number of nitrogens with two attached hydrogens (primary N) is 1. The molecule has 21 heavy (non-hydrogen) atoms. The summed E-state index contributed by atoms with van der Waals surface area (Å²) in [5.41, 5.74) is 5.56. The number of nitrogens with one attached hydrogen (secondary N) is 1. The molecule has 1 atom stereocenters. The second-order valence-corrected chi connectivity index (χ2v) is 5.90. The van der Waals surface area contributed by atoms with Crippen molar-refractivity contribution in [2.24, 2.45) is 5.92 Å². The van der Waals surface area contributed by atoms with Crippen molar-refractivity contribution in [2.45, 2.75) is 39.7 Å². The first-order valence-corrected chi connectivity index (χ1v) is 7.14. The van der Waals surface area contributed by atoms with E-state index in [1.54, 1.807) is 0 Å². The van der Waals surface area contributed by atoms with Gasteiger partial charge >= 0.3 is 0 Å². The van der Waals surface area contributed by atoms with Gasteiger partial charge in [-0.1, -0.05) is 25.4 Å². The van der Waals surface area contributed by atoms with Gasteiger partial charge in [-0.05, 0) is 25.7 Å². The van der Waals surface area contributed by atoms with Gasteiger partial charge in [-0.2, -0.15) is 0 Å². The van der Waals surface area contributed by atoms with Crippen LogP contribution >= 0.6 is 11.6 Å². The number of hydrogen-bond donors (Lipinski definition) is 2. The predicted octanol–water partition coefficient (Wildman–Crippen LogP) is 3.38. The first kappa shape index (κ1) is 17.2. The quantitative estimate of drug-likeness (QED) is 0.478. The molecule has 0 aliphatic rings. The Kier molecular flexibility index (Phi) is 5.96. The number of amides is 1. The van der Waals surface area contributed by atoms with Gasteiger partial charge in [0.1, 0.15) is 0 Å². The van der Waals surface area contributed by atoms with E-state index in [1.807, 2.05) is 6.92 Å². The molecule has 1 unspecified atom stereocenters. The Balaban J connectivity index is 2.89. The van der Waals surface area contributed by atoms with E-state index < -0.39 is 10.8 Å². The highest BCUT2D eigenvalue weighted by Crippen LogP contribution is 2.28. The molecule has 0 aliphatic heterocycles. The van der Waals surface area contributed by atoms with Crippen LogP contribution in [0.15, 0.2) is 12.1 Å². The Morgan fingerprint density at radius 3 is 2.52 bits per heavy atom. The molecule has 0 radical (unpaired) electrons. The fraction of sp³-hybridized carbons (Fsp3) is 0.500. The number of nitrogen functional groups attached to an aromatic ring is 1. The Bertz CT molecular complexity index is 547. The number of nitrogens with zero attached hydrogens (tertiary/aromatic N) is 1. The van der Waals surface area contributed by atoms with E-state index >= 15 is 0 Å². The lowest BCUT2D eigenvalue weighted by Crippen LogP contribution is -2.33. The maximum absolute atomic E-state index is 12.2. The topological polar surface area (TPSA) is 98.3 Å². The minimum atomic E-state index is -0.607. The van der Waals surface area contributed by atoms with Crippen molar-refractivity contribution in [3.05, 3.63) is 32.8 Å². The molecule has 0 spiro atoms. The lowest BCUT2D eigenvalue weighted by molar-refractivity contribution is -0.384. The second kappa shape index (κ2) is 7.26. The van der Waals surface area contributed by atoms with E-state index in [2.05, 4.69) is 19.2 Å². The standard InChI is InChI=1S/C14H20ClN3O3/c1-8(2)4-5-9(3)17-14(19)11-6-10(18(20)21)7-12(15)13(11)16/h6-9H,4-5,16H2,1-3H3,(H,17,19). The molecule has 1 aromatic carbocycles. The first-order valence-electron chi connectivity index (χ1n) is 6.76. The van der Waals surface area contributed by atoms with E-state index in [1.165, 1.54) is 0 Å². The number of nitro benzene ring substituents is 1. The van der Waals surface area contributed by atoms with Gasteiger partial charge in [0, 0.05) is 18.2 Å². The zero-order valence-corrected chi connectivity index (χ0v) is 13.1. The third kappa shape index (κ3) is 4.90. The van der Waals surface area contributed by atoms with Gasteiger partial charge in [-0.3, -0.25) is 14.9 Å². The van der Waals surface area contributed by atoms with Gasteiger partial charge in [-0.25, -0.2) is 0 Å². The van der Waals surface area contributed by atoms with Crippen molar-refractivity contribution in [1.82, 2.24) is 5.32 Å². The second-order valence-electron chi connectivity index (χ2n) is 5.49. The van der Waals surface area contributed by atoms with Gasteiger partial charge < -0.3 is 11.1 Å². The summed E-state index contributed by atoms with van der Waals surface area (Å²) >= 11 is 5.84. The minimum absolute atomic E-state index is 0.00387. The van der Waals surface area contributed by atoms with Gasteiger partial charge in [-0.15, -0.1) is 0 Å². The zero-order chi connectivity index (χ0) is 16.2. The van der Waals surface area contributed by atoms with Crippen LogP contribution in [0.5, 0.6) is 0 Å².